The lowest BCUT2D eigenvalue weighted by atomic mass is 10.2. The summed E-state index contributed by atoms with van der Waals surface area (Å²) >= 11 is 0. The first kappa shape index (κ1) is 14.0. The van der Waals surface area contributed by atoms with Gasteiger partial charge in [0.05, 0.1) is 10.7 Å². The van der Waals surface area contributed by atoms with E-state index in [0.717, 1.165) is 19.3 Å². The number of nitro benzene ring substituents is 1. The summed E-state index contributed by atoms with van der Waals surface area (Å²) in [5, 5.41) is 10.5. The molecule has 0 unspecified atom stereocenters. The lowest BCUT2D eigenvalue weighted by Crippen LogP contribution is -2.36. The molecule has 7 heteroatoms. The van der Waals surface area contributed by atoms with Gasteiger partial charge in [0, 0.05) is 25.2 Å². The first-order valence-electron chi connectivity index (χ1n) is 6.20. The summed E-state index contributed by atoms with van der Waals surface area (Å²) in [6.07, 6.45) is 2.88. The van der Waals surface area contributed by atoms with Crippen LogP contribution in [0, 0.1) is 10.1 Å². The van der Waals surface area contributed by atoms with E-state index in [-0.39, 0.29) is 11.4 Å². The highest BCUT2D eigenvalue weighted by Gasteiger charge is 2.24. The molecule has 1 heterocycles. The average Bonchev–Trinajstić information content (AvgIpc) is 2.40. The minimum absolute atomic E-state index is 0.0286. The summed E-state index contributed by atoms with van der Waals surface area (Å²) in [5.41, 5.74) is 0.551. The zero-order valence-corrected chi connectivity index (χ0v) is 11.3. The van der Waals surface area contributed by atoms with E-state index in [1.165, 1.54) is 28.6 Å². The number of nitrogens with zero attached hydrogens (tertiary/aromatic N) is 2. The molecule has 0 aromatic heterocycles. The Balaban J connectivity index is 2.09. The Hall–Kier alpha value is -1.47. The van der Waals surface area contributed by atoms with Gasteiger partial charge < -0.3 is 0 Å². The Labute approximate surface area is 112 Å². The third-order valence-corrected chi connectivity index (χ3v) is 5.05. The van der Waals surface area contributed by atoms with Gasteiger partial charge in [0.2, 0.25) is 10.0 Å². The lowest BCUT2D eigenvalue weighted by Gasteiger charge is -2.25. The normalized spacial score (nSPS) is 17.3. The van der Waals surface area contributed by atoms with E-state index in [9.17, 15) is 18.5 Å². The molecule has 1 aromatic carbocycles. The van der Waals surface area contributed by atoms with Gasteiger partial charge in [0.25, 0.3) is 5.69 Å². The van der Waals surface area contributed by atoms with Gasteiger partial charge >= 0.3 is 0 Å². The maximum Gasteiger partial charge on any atom is 0.269 e. The molecule has 1 aliphatic rings. The van der Waals surface area contributed by atoms with Crippen LogP contribution in [0.1, 0.15) is 24.8 Å². The Morgan fingerprint density at radius 1 is 1.11 bits per heavy atom. The number of hydrogen-bond donors (Lipinski definition) is 0. The summed E-state index contributed by atoms with van der Waals surface area (Å²) in [6.45, 7) is 1.16. The molecule has 1 saturated heterocycles. The van der Waals surface area contributed by atoms with Gasteiger partial charge in [0.1, 0.15) is 0 Å². The smallest absolute Gasteiger partial charge is 0.258 e. The molecule has 0 amide bonds. The maximum absolute atomic E-state index is 12.2. The first-order chi connectivity index (χ1) is 8.99. The molecule has 104 valence electrons. The molecule has 2 rings (SSSR count). The maximum atomic E-state index is 12.2. The molecular formula is C12H16N2O4S. The SMILES string of the molecule is O=[N+]([O-])c1ccc(CS(=O)(=O)N2CCCCC2)cc1. The molecule has 0 N–H and O–H groups in total. The minimum atomic E-state index is -3.31. The molecule has 1 aliphatic heterocycles. The minimum Gasteiger partial charge on any atom is -0.258 e. The van der Waals surface area contributed by atoms with Crippen molar-refractivity contribution in [2.45, 2.75) is 25.0 Å². The van der Waals surface area contributed by atoms with Crippen LogP contribution in [0.4, 0.5) is 5.69 Å². The van der Waals surface area contributed by atoms with Gasteiger partial charge in [-0.3, -0.25) is 10.1 Å². The zero-order valence-electron chi connectivity index (χ0n) is 10.5. The quantitative estimate of drug-likeness (QED) is 0.624. The Morgan fingerprint density at radius 2 is 1.68 bits per heavy atom. The third-order valence-electron chi connectivity index (χ3n) is 3.20. The fraction of sp³-hybridized carbons (Fsp3) is 0.500. The van der Waals surface area contributed by atoms with Crippen molar-refractivity contribution >= 4 is 15.7 Å². The van der Waals surface area contributed by atoms with Gasteiger partial charge in [-0.05, 0) is 18.4 Å². The number of nitro groups is 1. The molecule has 0 bridgehead atoms. The summed E-state index contributed by atoms with van der Waals surface area (Å²) in [4.78, 5) is 10.0. The number of benzene rings is 1. The fourth-order valence-electron chi connectivity index (χ4n) is 2.16. The summed E-state index contributed by atoms with van der Waals surface area (Å²) in [7, 11) is -3.31. The number of sulfonamides is 1. The second-order valence-corrected chi connectivity index (χ2v) is 6.61. The van der Waals surface area contributed by atoms with Crippen LogP contribution in [0.3, 0.4) is 0 Å². The van der Waals surface area contributed by atoms with Crippen molar-refractivity contribution in [2.24, 2.45) is 0 Å². The van der Waals surface area contributed by atoms with Crippen molar-refractivity contribution in [3.8, 4) is 0 Å². The van der Waals surface area contributed by atoms with E-state index in [4.69, 9.17) is 0 Å². The van der Waals surface area contributed by atoms with Crippen LogP contribution in [0.15, 0.2) is 24.3 Å². The monoisotopic (exact) mass is 284 g/mol. The molecule has 0 radical (unpaired) electrons. The zero-order chi connectivity index (χ0) is 13.9. The predicted octanol–water partition coefficient (Wildman–Crippen LogP) is 1.91. The van der Waals surface area contributed by atoms with Crippen LogP contribution in [0.25, 0.3) is 0 Å². The predicted molar refractivity (Wildman–Crippen MR) is 71.1 cm³/mol. The summed E-state index contributed by atoms with van der Waals surface area (Å²) in [5.74, 6) is -0.0923. The second-order valence-electron chi connectivity index (χ2n) is 4.64. The van der Waals surface area contributed by atoms with Gasteiger partial charge in [-0.1, -0.05) is 18.6 Å². The Morgan fingerprint density at radius 3 is 2.21 bits per heavy atom. The number of piperidine rings is 1. The van der Waals surface area contributed by atoms with Gasteiger partial charge in [-0.25, -0.2) is 12.7 Å². The summed E-state index contributed by atoms with van der Waals surface area (Å²) in [6, 6.07) is 5.67. The second kappa shape index (κ2) is 5.66. The summed E-state index contributed by atoms with van der Waals surface area (Å²) < 4.78 is 25.8. The number of hydrogen-bond acceptors (Lipinski definition) is 4. The largest absolute Gasteiger partial charge is 0.269 e. The highest BCUT2D eigenvalue weighted by molar-refractivity contribution is 7.88. The van der Waals surface area contributed by atoms with Crippen LogP contribution < -0.4 is 0 Å². The van der Waals surface area contributed by atoms with Crippen molar-refractivity contribution in [3.05, 3.63) is 39.9 Å². The topological polar surface area (TPSA) is 80.5 Å². The van der Waals surface area contributed by atoms with E-state index in [0.29, 0.717) is 18.7 Å². The van der Waals surface area contributed by atoms with E-state index in [1.54, 1.807) is 0 Å². The van der Waals surface area contributed by atoms with Crippen molar-refractivity contribution in [2.75, 3.05) is 13.1 Å². The van der Waals surface area contributed by atoms with E-state index in [1.807, 2.05) is 0 Å². The van der Waals surface area contributed by atoms with Gasteiger partial charge in [0.15, 0.2) is 0 Å². The molecule has 6 nitrogen and oxygen atoms in total. The molecule has 0 spiro atoms. The number of rotatable bonds is 4. The molecule has 0 saturated carbocycles. The lowest BCUT2D eigenvalue weighted by molar-refractivity contribution is -0.384. The van der Waals surface area contributed by atoms with Crippen LogP contribution in [-0.2, 0) is 15.8 Å². The number of non-ortho nitro benzene ring substituents is 1. The molecule has 0 atom stereocenters. The van der Waals surface area contributed by atoms with Crippen LogP contribution in [-0.4, -0.2) is 30.7 Å². The molecular weight excluding hydrogens is 268 g/mol. The Bertz CT molecular complexity index is 548. The van der Waals surface area contributed by atoms with Crippen molar-refractivity contribution < 1.29 is 13.3 Å². The first-order valence-corrected chi connectivity index (χ1v) is 7.81. The van der Waals surface area contributed by atoms with E-state index >= 15 is 0 Å². The van der Waals surface area contributed by atoms with Gasteiger partial charge in [-0.2, -0.15) is 0 Å². The standard InChI is InChI=1S/C12H16N2O4S/c15-14(16)12-6-4-11(5-7-12)10-19(17,18)13-8-2-1-3-9-13/h4-7H,1-3,8-10H2. The molecule has 1 fully saturated rings. The molecule has 1 aromatic rings. The van der Waals surface area contributed by atoms with Crippen molar-refractivity contribution in [3.63, 3.8) is 0 Å². The fourth-order valence-corrected chi connectivity index (χ4v) is 3.77. The highest BCUT2D eigenvalue weighted by Crippen LogP contribution is 2.18. The Kier molecular flexibility index (Phi) is 4.16. The van der Waals surface area contributed by atoms with Crippen LogP contribution >= 0.6 is 0 Å². The average molecular weight is 284 g/mol. The van der Waals surface area contributed by atoms with Crippen molar-refractivity contribution in [1.82, 2.24) is 4.31 Å². The molecule has 0 aliphatic carbocycles. The van der Waals surface area contributed by atoms with Crippen LogP contribution in [0.2, 0.25) is 0 Å². The third kappa shape index (κ3) is 3.51. The molecule has 19 heavy (non-hydrogen) atoms. The van der Waals surface area contributed by atoms with Gasteiger partial charge in [-0.15, -0.1) is 0 Å². The van der Waals surface area contributed by atoms with E-state index in [2.05, 4.69) is 0 Å². The highest BCUT2D eigenvalue weighted by atomic mass is 32.2. The van der Waals surface area contributed by atoms with E-state index < -0.39 is 14.9 Å². The van der Waals surface area contributed by atoms with Crippen molar-refractivity contribution in [1.29, 1.82) is 0 Å². The van der Waals surface area contributed by atoms with Crippen LogP contribution in [0.5, 0.6) is 0 Å².